The molecule has 0 fully saturated rings. The minimum atomic E-state index is -0.0494. The number of hydrogen-bond donors (Lipinski definition) is 1. The minimum absolute atomic E-state index is 0.0494. The van der Waals surface area contributed by atoms with E-state index in [1.165, 1.54) is 31.3 Å². The van der Waals surface area contributed by atoms with Gasteiger partial charge in [0.1, 0.15) is 5.75 Å². The van der Waals surface area contributed by atoms with Crippen LogP contribution in [0.3, 0.4) is 0 Å². The lowest BCUT2D eigenvalue weighted by Gasteiger charge is -2.15. The van der Waals surface area contributed by atoms with Crippen LogP contribution in [-0.4, -0.2) is 19.1 Å². The van der Waals surface area contributed by atoms with Gasteiger partial charge in [-0.3, -0.25) is 4.79 Å². The van der Waals surface area contributed by atoms with Crippen LogP contribution in [-0.2, 0) is 0 Å². The maximum Gasteiger partial charge on any atom is 0.255 e. The zero-order valence-corrected chi connectivity index (χ0v) is 14.3. The second-order valence-electron chi connectivity index (χ2n) is 6.21. The number of hydrogen-bond acceptors (Lipinski definition) is 2. The fraction of sp³-hybridized carbons (Fsp3) is 0.381. The molecule has 1 aliphatic carbocycles. The predicted octanol–water partition coefficient (Wildman–Crippen LogP) is 4.86. The molecule has 1 amide bonds. The molecular weight excluding hydrogens is 298 g/mol. The molecule has 3 nitrogen and oxygen atoms in total. The highest BCUT2D eigenvalue weighted by molar-refractivity contribution is 6.09. The summed E-state index contributed by atoms with van der Waals surface area (Å²) in [4.78, 5) is 12.8. The second kappa shape index (κ2) is 8.00. The van der Waals surface area contributed by atoms with Crippen LogP contribution < -0.4 is 10.1 Å². The molecule has 3 rings (SSSR count). The van der Waals surface area contributed by atoms with E-state index in [1.807, 2.05) is 43.3 Å². The fourth-order valence-electron chi connectivity index (χ4n) is 3.32. The summed E-state index contributed by atoms with van der Waals surface area (Å²) in [5, 5.41) is 5.08. The molecule has 0 radical (unpaired) electrons. The number of fused-ring (bicyclic) bond motifs is 1. The van der Waals surface area contributed by atoms with Crippen LogP contribution >= 0.6 is 0 Å². The number of benzene rings is 2. The van der Waals surface area contributed by atoms with E-state index < -0.39 is 0 Å². The number of amides is 1. The van der Waals surface area contributed by atoms with Crippen molar-refractivity contribution in [1.29, 1.82) is 0 Å². The summed E-state index contributed by atoms with van der Waals surface area (Å²) in [6, 6.07) is 11.8. The molecular formula is C21H25NO2. The summed E-state index contributed by atoms with van der Waals surface area (Å²) in [7, 11) is 0. The molecule has 0 bridgehead atoms. The Morgan fingerprint density at radius 3 is 2.83 bits per heavy atom. The van der Waals surface area contributed by atoms with Gasteiger partial charge in [0.05, 0.1) is 12.2 Å². The van der Waals surface area contributed by atoms with Crippen LogP contribution in [0.2, 0.25) is 0 Å². The quantitative estimate of drug-likeness (QED) is 0.771. The van der Waals surface area contributed by atoms with E-state index in [0.717, 1.165) is 17.2 Å². The van der Waals surface area contributed by atoms with Crippen molar-refractivity contribution in [2.75, 3.05) is 13.2 Å². The highest BCUT2D eigenvalue weighted by Gasteiger charge is 2.16. The van der Waals surface area contributed by atoms with Gasteiger partial charge in [0, 0.05) is 6.54 Å². The molecule has 0 unspecified atom stereocenters. The number of carbonyl (C=O) groups excluding carboxylic acids is 1. The summed E-state index contributed by atoms with van der Waals surface area (Å²) in [5.41, 5.74) is 2.12. The standard InChI is InChI=1S/C21H25NO2/c1-2-24-19-13-12-17-10-6-7-11-18(17)20(19)21(23)22-15-14-16-8-4-3-5-9-16/h6-8,10-13H,2-5,9,14-15H2,1H3,(H,22,23). The van der Waals surface area contributed by atoms with Crippen LogP contribution in [0.4, 0.5) is 0 Å². The number of carbonyl (C=O) groups is 1. The molecule has 3 heteroatoms. The van der Waals surface area contributed by atoms with Gasteiger partial charge in [-0.2, -0.15) is 0 Å². The minimum Gasteiger partial charge on any atom is -0.493 e. The van der Waals surface area contributed by atoms with Crippen LogP contribution in [0.15, 0.2) is 48.0 Å². The Bertz CT molecular complexity index is 749. The van der Waals surface area contributed by atoms with Gasteiger partial charge in [0.25, 0.3) is 5.91 Å². The molecule has 0 heterocycles. The molecule has 1 aliphatic rings. The lowest BCUT2D eigenvalue weighted by atomic mass is 9.97. The van der Waals surface area contributed by atoms with Crippen molar-refractivity contribution in [3.63, 3.8) is 0 Å². The fourth-order valence-corrected chi connectivity index (χ4v) is 3.32. The number of ether oxygens (including phenoxy) is 1. The first-order valence-corrected chi connectivity index (χ1v) is 8.90. The SMILES string of the molecule is CCOc1ccc2ccccc2c1C(=O)NCCC1=CCCCC1. The lowest BCUT2D eigenvalue weighted by molar-refractivity contribution is 0.0952. The Kier molecular flexibility index (Phi) is 5.52. The van der Waals surface area contributed by atoms with Crippen molar-refractivity contribution in [2.24, 2.45) is 0 Å². The van der Waals surface area contributed by atoms with Gasteiger partial charge in [-0.25, -0.2) is 0 Å². The molecule has 0 aliphatic heterocycles. The van der Waals surface area contributed by atoms with E-state index in [4.69, 9.17) is 4.74 Å². The topological polar surface area (TPSA) is 38.3 Å². The first-order chi connectivity index (χ1) is 11.8. The summed E-state index contributed by atoms with van der Waals surface area (Å²) in [6.45, 7) is 3.16. The van der Waals surface area contributed by atoms with Crippen LogP contribution in [0.5, 0.6) is 5.75 Å². The molecule has 0 saturated carbocycles. The lowest BCUT2D eigenvalue weighted by Crippen LogP contribution is -2.25. The third-order valence-electron chi connectivity index (χ3n) is 4.53. The molecule has 2 aromatic rings. The van der Waals surface area contributed by atoms with Crippen molar-refractivity contribution >= 4 is 16.7 Å². The third-order valence-corrected chi connectivity index (χ3v) is 4.53. The van der Waals surface area contributed by atoms with E-state index in [0.29, 0.717) is 24.5 Å². The normalized spacial score (nSPS) is 14.3. The van der Waals surface area contributed by atoms with Crippen LogP contribution in [0, 0.1) is 0 Å². The van der Waals surface area contributed by atoms with Crippen molar-refractivity contribution in [2.45, 2.75) is 39.0 Å². The second-order valence-corrected chi connectivity index (χ2v) is 6.21. The Morgan fingerprint density at radius 1 is 1.17 bits per heavy atom. The largest absolute Gasteiger partial charge is 0.493 e. The Hall–Kier alpha value is -2.29. The zero-order valence-electron chi connectivity index (χ0n) is 14.3. The van der Waals surface area contributed by atoms with Crippen LogP contribution in [0.25, 0.3) is 10.8 Å². The highest BCUT2D eigenvalue weighted by atomic mass is 16.5. The maximum absolute atomic E-state index is 12.8. The molecule has 0 spiro atoms. The Morgan fingerprint density at radius 2 is 2.04 bits per heavy atom. The van der Waals surface area contributed by atoms with E-state index >= 15 is 0 Å². The number of allylic oxidation sites excluding steroid dienone is 1. The van der Waals surface area contributed by atoms with E-state index in [2.05, 4.69) is 11.4 Å². The van der Waals surface area contributed by atoms with Gasteiger partial charge >= 0.3 is 0 Å². The molecule has 24 heavy (non-hydrogen) atoms. The molecule has 0 atom stereocenters. The average molecular weight is 323 g/mol. The monoisotopic (exact) mass is 323 g/mol. The summed E-state index contributed by atoms with van der Waals surface area (Å²) < 4.78 is 5.69. The molecule has 126 valence electrons. The number of rotatable bonds is 6. The molecule has 0 aromatic heterocycles. The van der Waals surface area contributed by atoms with Gasteiger partial charge in [0.2, 0.25) is 0 Å². The van der Waals surface area contributed by atoms with Crippen molar-refractivity contribution in [3.05, 3.63) is 53.6 Å². The first-order valence-electron chi connectivity index (χ1n) is 8.90. The summed E-state index contributed by atoms with van der Waals surface area (Å²) >= 11 is 0. The first kappa shape index (κ1) is 16.6. The summed E-state index contributed by atoms with van der Waals surface area (Å²) in [5.74, 6) is 0.609. The Labute approximate surface area is 143 Å². The molecule has 2 aromatic carbocycles. The van der Waals surface area contributed by atoms with Gasteiger partial charge in [-0.1, -0.05) is 42.0 Å². The van der Waals surface area contributed by atoms with Crippen molar-refractivity contribution in [1.82, 2.24) is 5.32 Å². The molecule has 0 saturated heterocycles. The predicted molar refractivity (Wildman–Crippen MR) is 98.6 cm³/mol. The number of nitrogens with one attached hydrogen (secondary N) is 1. The maximum atomic E-state index is 12.8. The van der Waals surface area contributed by atoms with Gasteiger partial charge in [0.15, 0.2) is 0 Å². The van der Waals surface area contributed by atoms with Gasteiger partial charge in [-0.15, -0.1) is 0 Å². The zero-order chi connectivity index (χ0) is 16.8. The van der Waals surface area contributed by atoms with Gasteiger partial charge in [-0.05, 0) is 55.9 Å². The van der Waals surface area contributed by atoms with E-state index in [9.17, 15) is 4.79 Å². The van der Waals surface area contributed by atoms with Crippen LogP contribution in [0.1, 0.15) is 49.4 Å². The molecule has 1 N–H and O–H groups in total. The van der Waals surface area contributed by atoms with Crippen molar-refractivity contribution < 1.29 is 9.53 Å². The average Bonchev–Trinajstić information content (AvgIpc) is 2.62. The smallest absolute Gasteiger partial charge is 0.255 e. The van der Waals surface area contributed by atoms with Gasteiger partial charge < -0.3 is 10.1 Å². The van der Waals surface area contributed by atoms with E-state index in [1.54, 1.807) is 0 Å². The third kappa shape index (κ3) is 3.78. The van der Waals surface area contributed by atoms with E-state index in [-0.39, 0.29) is 5.91 Å². The Balaban J connectivity index is 1.77. The van der Waals surface area contributed by atoms with Crippen molar-refractivity contribution in [3.8, 4) is 5.75 Å². The highest BCUT2D eigenvalue weighted by Crippen LogP contribution is 2.28. The summed E-state index contributed by atoms with van der Waals surface area (Å²) in [6.07, 6.45) is 8.20.